The van der Waals surface area contributed by atoms with Gasteiger partial charge in [-0.2, -0.15) is 4.98 Å². The number of thiazole rings is 1. The van der Waals surface area contributed by atoms with Gasteiger partial charge in [0, 0.05) is 50.4 Å². The highest BCUT2D eigenvalue weighted by molar-refractivity contribution is 7.15. The van der Waals surface area contributed by atoms with Crippen LogP contribution in [0.4, 0.5) is 0 Å². The second-order valence-electron chi connectivity index (χ2n) is 6.70. The Balaban J connectivity index is 1.64. The highest BCUT2D eigenvalue weighted by Crippen LogP contribution is 2.29. The van der Waals surface area contributed by atoms with Crippen molar-refractivity contribution in [2.45, 2.75) is 18.9 Å². The molecule has 3 saturated heterocycles. The fourth-order valence-electron chi connectivity index (χ4n) is 3.87. The summed E-state index contributed by atoms with van der Waals surface area (Å²) in [6.07, 6.45) is 3.41. The van der Waals surface area contributed by atoms with Gasteiger partial charge in [0.05, 0.1) is 12.5 Å². The Hall–Kier alpha value is -2.26. The fourth-order valence-corrected chi connectivity index (χ4v) is 4.59. The second-order valence-corrected chi connectivity index (χ2v) is 7.57. The lowest BCUT2D eigenvalue weighted by Crippen LogP contribution is -2.49. The smallest absolute Gasteiger partial charge is 0.274 e. The van der Waals surface area contributed by atoms with Gasteiger partial charge in [-0.05, 0) is 12.8 Å². The highest BCUT2D eigenvalue weighted by atomic mass is 32.1. The molecule has 0 N–H and O–H groups in total. The monoisotopic (exact) mass is 376 g/mol. The summed E-state index contributed by atoms with van der Waals surface area (Å²) in [5.74, 6) is -0.316. The summed E-state index contributed by atoms with van der Waals surface area (Å²) < 4.78 is 6.76. The highest BCUT2D eigenvalue weighted by Gasteiger charge is 2.42. The van der Waals surface area contributed by atoms with Crippen molar-refractivity contribution in [3.8, 4) is 0 Å². The third-order valence-corrected chi connectivity index (χ3v) is 5.91. The van der Waals surface area contributed by atoms with Gasteiger partial charge >= 0.3 is 0 Å². The first-order chi connectivity index (χ1) is 12.6. The van der Waals surface area contributed by atoms with E-state index in [0.29, 0.717) is 36.9 Å². The molecule has 0 unspecified atom stereocenters. The van der Waals surface area contributed by atoms with Gasteiger partial charge in [0.15, 0.2) is 4.96 Å². The molecule has 0 saturated carbocycles. The lowest BCUT2D eigenvalue weighted by atomic mass is 9.94. The van der Waals surface area contributed by atoms with E-state index in [0.717, 1.165) is 12.8 Å². The van der Waals surface area contributed by atoms with Crippen LogP contribution in [0.15, 0.2) is 22.4 Å². The zero-order valence-corrected chi connectivity index (χ0v) is 15.3. The van der Waals surface area contributed by atoms with E-state index in [2.05, 4.69) is 4.98 Å². The van der Waals surface area contributed by atoms with Crippen LogP contribution in [0.3, 0.4) is 0 Å². The molecule has 2 aromatic heterocycles. The Labute approximate surface area is 154 Å². The molecule has 2 amide bonds. The van der Waals surface area contributed by atoms with Crippen LogP contribution >= 0.6 is 11.3 Å². The van der Waals surface area contributed by atoms with Crippen LogP contribution in [0.25, 0.3) is 4.96 Å². The van der Waals surface area contributed by atoms with E-state index >= 15 is 0 Å². The Morgan fingerprint density at radius 3 is 3.00 bits per heavy atom. The first kappa shape index (κ1) is 17.2. The zero-order valence-electron chi connectivity index (χ0n) is 14.5. The minimum Gasteiger partial charge on any atom is -0.383 e. The van der Waals surface area contributed by atoms with Crippen molar-refractivity contribution in [1.29, 1.82) is 0 Å². The van der Waals surface area contributed by atoms with Crippen molar-refractivity contribution in [2.24, 2.45) is 5.92 Å². The molecule has 138 valence electrons. The first-order valence-electron chi connectivity index (χ1n) is 8.64. The Bertz CT molecular complexity index is 908. The molecule has 0 aliphatic carbocycles. The normalized spacial score (nSPS) is 22.9. The number of carbonyl (C=O) groups excluding carboxylic acids is 2. The molecule has 0 spiro atoms. The number of piperidine rings is 1. The summed E-state index contributed by atoms with van der Waals surface area (Å²) in [7, 11) is 1.61. The molecule has 2 bridgehead atoms. The summed E-state index contributed by atoms with van der Waals surface area (Å²) >= 11 is 1.31. The Morgan fingerprint density at radius 2 is 2.19 bits per heavy atom. The molecule has 0 aromatic carbocycles. The number of fused-ring (bicyclic) bond motifs is 5. The Morgan fingerprint density at radius 1 is 1.35 bits per heavy atom. The van der Waals surface area contributed by atoms with Crippen molar-refractivity contribution in [3.05, 3.63) is 33.7 Å². The standard InChI is InChI=1S/C17H20N4O4S/c1-25-6-4-20-12-3-2-11(15(20)23)9-19(10-12)16(24)13-8-14(22)18-17-21(13)5-7-26-17/h5,7-8,11-12H,2-4,6,9-10H2,1H3/t11-,12+/m1/s1. The Kier molecular flexibility index (Phi) is 4.49. The van der Waals surface area contributed by atoms with Crippen molar-refractivity contribution in [1.82, 2.24) is 19.2 Å². The van der Waals surface area contributed by atoms with E-state index in [-0.39, 0.29) is 23.8 Å². The number of ether oxygens (including phenoxy) is 1. The average Bonchev–Trinajstić information content (AvgIpc) is 2.92. The number of methoxy groups -OCH3 is 1. The number of rotatable bonds is 4. The lowest BCUT2D eigenvalue weighted by molar-refractivity contribution is -0.140. The maximum absolute atomic E-state index is 13.2. The lowest BCUT2D eigenvalue weighted by Gasteiger charge is -2.35. The van der Waals surface area contributed by atoms with E-state index in [4.69, 9.17) is 4.74 Å². The SMILES string of the molecule is COCCN1C(=O)[C@@H]2CC[C@H]1CN(C(=O)c1cc(=O)nc3sccn13)C2. The van der Waals surface area contributed by atoms with Crippen LogP contribution in [0.5, 0.6) is 0 Å². The van der Waals surface area contributed by atoms with Crippen LogP contribution in [-0.2, 0) is 9.53 Å². The van der Waals surface area contributed by atoms with Gasteiger partial charge < -0.3 is 14.5 Å². The molecule has 9 heteroatoms. The summed E-state index contributed by atoms with van der Waals surface area (Å²) in [4.78, 5) is 45.7. The van der Waals surface area contributed by atoms with Crippen molar-refractivity contribution < 1.29 is 14.3 Å². The summed E-state index contributed by atoms with van der Waals surface area (Å²) in [6.45, 7) is 1.90. The van der Waals surface area contributed by atoms with Crippen LogP contribution in [-0.4, -0.2) is 70.4 Å². The predicted molar refractivity (Wildman–Crippen MR) is 95.3 cm³/mol. The van der Waals surface area contributed by atoms with E-state index in [9.17, 15) is 14.4 Å². The molecule has 26 heavy (non-hydrogen) atoms. The van der Waals surface area contributed by atoms with Gasteiger partial charge in [0.25, 0.3) is 11.5 Å². The number of hydrogen-bond acceptors (Lipinski definition) is 6. The molecular weight excluding hydrogens is 356 g/mol. The molecule has 2 aromatic rings. The van der Waals surface area contributed by atoms with Gasteiger partial charge in [0.1, 0.15) is 5.69 Å². The summed E-state index contributed by atoms with van der Waals surface area (Å²) in [6, 6.07) is 1.27. The van der Waals surface area contributed by atoms with E-state index in [1.165, 1.54) is 17.4 Å². The molecule has 8 nitrogen and oxygen atoms in total. The van der Waals surface area contributed by atoms with E-state index in [1.807, 2.05) is 4.90 Å². The quantitative estimate of drug-likeness (QED) is 0.774. The third kappa shape index (κ3) is 2.90. The number of amides is 2. The van der Waals surface area contributed by atoms with Crippen LogP contribution < -0.4 is 5.56 Å². The molecule has 3 aliphatic heterocycles. The molecule has 3 aliphatic rings. The summed E-state index contributed by atoms with van der Waals surface area (Å²) in [5, 5.41) is 1.79. The number of nitrogens with zero attached hydrogens (tertiary/aromatic N) is 4. The predicted octanol–water partition coefficient (Wildman–Crippen LogP) is 0.465. The van der Waals surface area contributed by atoms with Gasteiger partial charge in [0.2, 0.25) is 5.91 Å². The maximum Gasteiger partial charge on any atom is 0.274 e. The van der Waals surface area contributed by atoms with Crippen molar-refractivity contribution in [3.63, 3.8) is 0 Å². The largest absolute Gasteiger partial charge is 0.383 e. The number of hydrogen-bond donors (Lipinski definition) is 0. The minimum absolute atomic E-state index is 0.00289. The van der Waals surface area contributed by atoms with Crippen LogP contribution in [0.2, 0.25) is 0 Å². The molecule has 0 radical (unpaired) electrons. The van der Waals surface area contributed by atoms with Gasteiger partial charge in [-0.25, -0.2) is 0 Å². The van der Waals surface area contributed by atoms with Gasteiger partial charge in [-0.15, -0.1) is 11.3 Å². The number of carbonyl (C=O) groups is 2. The first-order valence-corrected chi connectivity index (χ1v) is 9.52. The third-order valence-electron chi connectivity index (χ3n) is 5.15. The zero-order chi connectivity index (χ0) is 18.3. The fraction of sp³-hybridized carbons (Fsp3) is 0.529. The molecule has 5 rings (SSSR count). The topological polar surface area (TPSA) is 84.2 Å². The van der Waals surface area contributed by atoms with Crippen molar-refractivity contribution in [2.75, 3.05) is 33.4 Å². The minimum atomic E-state index is -0.425. The number of aromatic nitrogens is 2. The molecular formula is C17H20N4O4S. The van der Waals surface area contributed by atoms with E-state index < -0.39 is 5.56 Å². The molecule has 5 heterocycles. The van der Waals surface area contributed by atoms with Crippen LogP contribution in [0.1, 0.15) is 23.3 Å². The molecule has 3 fully saturated rings. The molecule has 2 atom stereocenters. The summed E-state index contributed by atoms with van der Waals surface area (Å²) in [5.41, 5.74) is -0.121. The van der Waals surface area contributed by atoms with Gasteiger partial charge in [-0.3, -0.25) is 18.8 Å². The van der Waals surface area contributed by atoms with Crippen LogP contribution in [0, 0.1) is 5.92 Å². The maximum atomic E-state index is 13.2. The van der Waals surface area contributed by atoms with E-state index in [1.54, 1.807) is 28.0 Å². The van der Waals surface area contributed by atoms with Crippen molar-refractivity contribution >= 4 is 28.1 Å². The van der Waals surface area contributed by atoms with Gasteiger partial charge in [-0.1, -0.05) is 0 Å². The second kappa shape index (κ2) is 6.81. The average molecular weight is 376 g/mol.